The lowest BCUT2D eigenvalue weighted by molar-refractivity contribution is -0.207. The van der Waals surface area contributed by atoms with Crippen molar-refractivity contribution in [1.82, 2.24) is 4.90 Å². The second-order valence-electron chi connectivity index (χ2n) is 13.1. The molecular formula is C29H48FNO6. The van der Waals surface area contributed by atoms with Gasteiger partial charge in [-0.15, -0.1) is 0 Å². The molecule has 11 atom stereocenters. The average Bonchev–Trinajstić information content (AvgIpc) is 3.22. The van der Waals surface area contributed by atoms with Gasteiger partial charge < -0.3 is 25.0 Å². The summed E-state index contributed by atoms with van der Waals surface area (Å²) >= 11 is 0. The van der Waals surface area contributed by atoms with Gasteiger partial charge in [0.25, 0.3) is 0 Å². The summed E-state index contributed by atoms with van der Waals surface area (Å²) in [6.07, 6.45) is 5.51. The minimum Gasteiger partial charge on any atom is -0.468 e. The fourth-order valence-corrected chi connectivity index (χ4v) is 9.46. The Morgan fingerprint density at radius 2 is 1.81 bits per heavy atom. The topological polar surface area (TPSA) is 107 Å². The highest BCUT2D eigenvalue weighted by Gasteiger charge is 2.65. The summed E-state index contributed by atoms with van der Waals surface area (Å²) in [6.45, 7) is 5.60. The molecule has 0 aromatic carbocycles. The van der Waals surface area contributed by atoms with Crippen molar-refractivity contribution in [2.24, 2.45) is 46.3 Å². The number of methoxy groups -OCH3 is 1. The molecule has 4 saturated carbocycles. The van der Waals surface area contributed by atoms with Gasteiger partial charge in [-0.2, -0.15) is 0 Å². The van der Waals surface area contributed by atoms with Gasteiger partial charge in [-0.1, -0.05) is 20.8 Å². The van der Waals surface area contributed by atoms with Crippen LogP contribution in [0.5, 0.6) is 0 Å². The van der Waals surface area contributed by atoms with Crippen molar-refractivity contribution in [3.63, 3.8) is 0 Å². The van der Waals surface area contributed by atoms with E-state index in [0.717, 1.165) is 38.5 Å². The highest BCUT2D eigenvalue weighted by Crippen LogP contribution is 2.68. The Labute approximate surface area is 221 Å². The number of rotatable bonds is 8. The molecule has 1 amide bonds. The Balaban J connectivity index is 1.46. The number of carbonyl (C=O) groups excluding carboxylic acids is 2. The van der Waals surface area contributed by atoms with Crippen LogP contribution in [-0.4, -0.2) is 77.3 Å². The molecule has 0 aliphatic heterocycles. The Kier molecular flexibility index (Phi) is 8.62. The van der Waals surface area contributed by atoms with Crippen LogP contribution in [0.3, 0.4) is 0 Å². The molecule has 0 radical (unpaired) electrons. The van der Waals surface area contributed by atoms with Crippen LogP contribution in [0.4, 0.5) is 4.39 Å². The maximum Gasteiger partial charge on any atom is 0.325 e. The molecule has 37 heavy (non-hydrogen) atoms. The first-order chi connectivity index (χ1) is 17.5. The number of alkyl halides is 1. The number of fused-ring (bicyclic) bond motifs is 5. The molecule has 212 valence electrons. The number of aliphatic hydroxyl groups excluding tert-OH is 3. The van der Waals surface area contributed by atoms with E-state index < -0.39 is 24.9 Å². The third-order valence-electron chi connectivity index (χ3n) is 11.6. The molecule has 0 bridgehead atoms. The normalized spacial score (nSPS) is 43.8. The lowest BCUT2D eigenvalue weighted by Crippen LogP contribution is -2.62. The standard InChI is InChI=1S/C29H48FNO6/c1-17(5-8-25(35)31(12-11-30)16-26(36)37-4)20-6-7-21-27-22(15-24(34)29(20,21)3)28(2)10-9-19(32)13-18(28)14-23(27)33/h17-24,27,32-34H,5-16H2,1-4H3/t17-,18?,19-,20-,21?,22?,23?,24+,27?,28+,29-/m1/s1/i30-1. The number of esters is 1. The van der Waals surface area contributed by atoms with Gasteiger partial charge in [-0.25, -0.2) is 4.39 Å². The van der Waals surface area contributed by atoms with E-state index in [0.29, 0.717) is 18.8 Å². The molecule has 0 heterocycles. The molecule has 0 saturated heterocycles. The molecule has 0 spiro atoms. The number of nitrogens with zero attached hydrogens (tertiary/aromatic N) is 1. The van der Waals surface area contributed by atoms with Gasteiger partial charge in [0.1, 0.15) is 13.2 Å². The Morgan fingerprint density at radius 3 is 2.49 bits per heavy atom. The first kappa shape index (κ1) is 28.8. The van der Waals surface area contributed by atoms with Crippen LogP contribution in [0, 0.1) is 46.3 Å². The Morgan fingerprint density at radius 1 is 1.08 bits per heavy atom. The highest BCUT2D eigenvalue weighted by atomic mass is 18.2. The Hall–Kier alpha value is -1.25. The zero-order valence-corrected chi connectivity index (χ0v) is 23.1. The van der Waals surface area contributed by atoms with Gasteiger partial charge in [0, 0.05) is 13.0 Å². The average molecular weight is 525 g/mol. The quantitative estimate of drug-likeness (QED) is 0.421. The minimum atomic E-state index is -0.712. The molecule has 4 rings (SSSR count). The van der Waals surface area contributed by atoms with Gasteiger partial charge in [-0.3, -0.25) is 9.59 Å². The molecular weight excluding hydrogens is 476 g/mol. The zero-order valence-electron chi connectivity index (χ0n) is 23.1. The van der Waals surface area contributed by atoms with Gasteiger partial charge >= 0.3 is 5.97 Å². The highest BCUT2D eigenvalue weighted by molar-refractivity contribution is 5.82. The zero-order chi connectivity index (χ0) is 27.1. The molecule has 3 N–H and O–H groups in total. The van der Waals surface area contributed by atoms with Crippen molar-refractivity contribution in [2.75, 3.05) is 26.9 Å². The monoisotopic (exact) mass is 524 g/mol. The SMILES string of the molecule is COC(=O)CN(CC[18F])C(=O)CC[C@@H](C)[C@H]1CCC2C3C(O)CC4C[C@H](O)CC[C@]4(C)C3C[C@H](O)[C@@]21C. The van der Waals surface area contributed by atoms with Crippen LogP contribution < -0.4 is 0 Å². The van der Waals surface area contributed by atoms with Crippen molar-refractivity contribution in [3.8, 4) is 0 Å². The smallest absolute Gasteiger partial charge is 0.325 e. The van der Waals surface area contributed by atoms with Crippen LogP contribution in [-0.2, 0) is 14.3 Å². The van der Waals surface area contributed by atoms with Crippen molar-refractivity contribution in [1.29, 1.82) is 0 Å². The third kappa shape index (κ3) is 5.07. The van der Waals surface area contributed by atoms with Gasteiger partial charge in [0.05, 0.1) is 25.4 Å². The number of halogens is 1. The van der Waals surface area contributed by atoms with Crippen molar-refractivity contribution in [3.05, 3.63) is 0 Å². The van der Waals surface area contributed by atoms with E-state index in [2.05, 4.69) is 25.5 Å². The van der Waals surface area contributed by atoms with E-state index >= 15 is 0 Å². The molecule has 5 unspecified atom stereocenters. The Bertz CT molecular complexity index is 841. The van der Waals surface area contributed by atoms with Crippen LogP contribution in [0.1, 0.15) is 78.6 Å². The van der Waals surface area contributed by atoms with Crippen LogP contribution in [0.15, 0.2) is 0 Å². The van der Waals surface area contributed by atoms with Crippen molar-refractivity contribution in [2.45, 2.75) is 96.9 Å². The molecule has 4 fully saturated rings. The summed E-state index contributed by atoms with van der Waals surface area (Å²) in [5.74, 6) is 0.519. The fraction of sp³-hybridized carbons (Fsp3) is 0.931. The van der Waals surface area contributed by atoms with Gasteiger partial charge in [-0.05, 0) is 97.7 Å². The maximum atomic E-state index is 13.0. The summed E-state index contributed by atoms with van der Waals surface area (Å²) < 4.78 is 17.6. The first-order valence-electron chi connectivity index (χ1n) is 14.4. The largest absolute Gasteiger partial charge is 0.468 e. The minimum absolute atomic E-state index is 0.0427. The van der Waals surface area contributed by atoms with E-state index in [4.69, 9.17) is 0 Å². The number of ether oxygens (including phenoxy) is 1. The summed E-state index contributed by atoms with van der Waals surface area (Å²) in [6, 6.07) is 0. The second kappa shape index (κ2) is 11.1. The summed E-state index contributed by atoms with van der Waals surface area (Å²) in [5.41, 5.74) is -0.284. The lowest BCUT2D eigenvalue weighted by atomic mass is 9.43. The number of hydrogen-bond acceptors (Lipinski definition) is 6. The number of aliphatic hydroxyl groups is 3. The summed E-state index contributed by atoms with van der Waals surface area (Å²) in [4.78, 5) is 25.7. The van der Waals surface area contributed by atoms with Gasteiger partial charge in [0.15, 0.2) is 0 Å². The van der Waals surface area contributed by atoms with E-state index in [1.165, 1.54) is 12.0 Å². The van der Waals surface area contributed by atoms with E-state index in [1.54, 1.807) is 0 Å². The van der Waals surface area contributed by atoms with Crippen LogP contribution in [0.25, 0.3) is 0 Å². The van der Waals surface area contributed by atoms with Crippen LogP contribution in [0.2, 0.25) is 0 Å². The number of carbonyl (C=O) groups is 2. The maximum absolute atomic E-state index is 13.0. The molecule has 8 heteroatoms. The summed E-state index contributed by atoms with van der Waals surface area (Å²) in [5, 5.41) is 33.4. The fourth-order valence-electron chi connectivity index (χ4n) is 9.46. The predicted octanol–water partition coefficient (Wildman–Crippen LogP) is 3.34. The van der Waals surface area contributed by atoms with E-state index in [-0.39, 0.29) is 71.9 Å². The second-order valence-corrected chi connectivity index (χ2v) is 13.1. The van der Waals surface area contributed by atoms with Crippen LogP contribution >= 0.6 is 0 Å². The lowest BCUT2D eigenvalue weighted by Gasteiger charge is -2.63. The number of hydrogen-bond donors (Lipinski definition) is 3. The van der Waals surface area contributed by atoms with E-state index in [1.807, 2.05) is 0 Å². The molecule has 4 aliphatic rings. The van der Waals surface area contributed by atoms with Crippen molar-refractivity contribution < 1.29 is 34.0 Å². The third-order valence-corrected chi connectivity index (χ3v) is 11.6. The van der Waals surface area contributed by atoms with Gasteiger partial charge in [0.2, 0.25) is 5.91 Å². The predicted molar refractivity (Wildman–Crippen MR) is 137 cm³/mol. The summed E-state index contributed by atoms with van der Waals surface area (Å²) in [7, 11) is 1.25. The molecule has 4 aliphatic carbocycles. The van der Waals surface area contributed by atoms with Crippen molar-refractivity contribution >= 4 is 11.9 Å². The first-order valence-corrected chi connectivity index (χ1v) is 14.4. The molecule has 0 aromatic rings. The molecule has 0 aromatic heterocycles. The number of amides is 1. The molecule has 7 nitrogen and oxygen atoms in total. The van der Waals surface area contributed by atoms with E-state index in [9.17, 15) is 29.3 Å².